The summed E-state index contributed by atoms with van der Waals surface area (Å²) >= 11 is 0. The van der Waals surface area contributed by atoms with Crippen LogP contribution in [-0.4, -0.2) is 41.9 Å². The maximum Gasteiger partial charge on any atom is 0.255 e. The molecule has 3 aromatic rings. The summed E-state index contributed by atoms with van der Waals surface area (Å²) in [6, 6.07) is 17.6. The number of hydrogen-bond acceptors (Lipinski definition) is 4. The van der Waals surface area contributed by atoms with Crippen molar-refractivity contribution in [1.29, 1.82) is 0 Å². The van der Waals surface area contributed by atoms with E-state index in [2.05, 4.69) is 10.6 Å². The fraction of sp³-hybridized carbons (Fsp3) is 0.273. The Balaban J connectivity index is 1.69. The largest absolute Gasteiger partial charge is 0.497 e. The Morgan fingerprint density at radius 2 is 1.82 bits per heavy atom. The zero-order valence-electron chi connectivity index (χ0n) is 15.9. The molecule has 0 spiro atoms. The molecule has 2 heterocycles. The van der Waals surface area contributed by atoms with Crippen molar-refractivity contribution in [2.45, 2.75) is 18.9 Å². The van der Waals surface area contributed by atoms with Crippen LogP contribution in [0.1, 0.15) is 23.2 Å². The quantitative estimate of drug-likeness (QED) is 0.718. The summed E-state index contributed by atoms with van der Waals surface area (Å²) in [5, 5.41) is 11.2. The van der Waals surface area contributed by atoms with Gasteiger partial charge in [-0.3, -0.25) is 4.79 Å². The first-order valence-corrected chi connectivity index (χ1v) is 9.55. The molecule has 2 N–H and O–H groups in total. The van der Waals surface area contributed by atoms with Crippen molar-refractivity contribution in [1.82, 2.24) is 20.4 Å². The minimum atomic E-state index is -0.0834. The van der Waals surface area contributed by atoms with Crippen molar-refractivity contribution in [3.05, 3.63) is 66.4 Å². The lowest BCUT2D eigenvalue weighted by molar-refractivity contribution is 0.0930. The molecule has 1 aliphatic heterocycles. The Bertz CT molecular complexity index is 929. The molecule has 0 aliphatic carbocycles. The van der Waals surface area contributed by atoms with Crippen molar-refractivity contribution in [2.24, 2.45) is 0 Å². The van der Waals surface area contributed by atoms with Crippen LogP contribution in [-0.2, 0) is 0 Å². The number of methoxy groups -OCH3 is 1. The van der Waals surface area contributed by atoms with Gasteiger partial charge < -0.3 is 15.4 Å². The highest BCUT2D eigenvalue weighted by Gasteiger charge is 2.22. The number of ether oxygens (including phenoxy) is 1. The highest BCUT2D eigenvalue weighted by Crippen LogP contribution is 2.26. The van der Waals surface area contributed by atoms with Crippen molar-refractivity contribution >= 4 is 5.91 Å². The summed E-state index contributed by atoms with van der Waals surface area (Å²) in [6.45, 7) is 1.86. The summed E-state index contributed by atoms with van der Waals surface area (Å²) in [6.07, 6.45) is 3.69. The fourth-order valence-corrected chi connectivity index (χ4v) is 3.44. The van der Waals surface area contributed by atoms with Gasteiger partial charge in [0.05, 0.1) is 18.4 Å². The smallest absolute Gasteiger partial charge is 0.255 e. The lowest BCUT2D eigenvalue weighted by Gasteiger charge is -2.23. The second-order valence-electron chi connectivity index (χ2n) is 6.90. The maximum atomic E-state index is 13.1. The first-order chi connectivity index (χ1) is 13.7. The predicted octanol–water partition coefficient (Wildman–Crippen LogP) is 3.03. The van der Waals surface area contributed by atoms with E-state index < -0.39 is 0 Å². The monoisotopic (exact) mass is 376 g/mol. The molecule has 6 heteroatoms. The summed E-state index contributed by atoms with van der Waals surface area (Å²) in [5.74, 6) is 0.687. The molecule has 6 nitrogen and oxygen atoms in total. The van der Waals surface area contributed by atoms with E-state index in [1.54, 1.807) is 11.8 Å². The van der Waals surface area contributed by atoms with E-state index in [1.807, 2.05) is 60.8 Å². The van der Waals surface area contributed by atoms with E-state index in [0.29, 0.717) is 11.3 Å². The van der Waals surface area contributed by atoms with Crippen LogP contribution in [0.25, 0.3) is 16.9 Å². The van der Waals surface area contributed by atoms with E-state index in [-0.39, 0.29) is 11.9 Å². The van der Waals surface area contributed by atoms with Gasteiger partial charge in [0.2, 0.25) is 0 Å². The van der Waals surface area contributed by atoms with Gasteiger partial charge in [-0.05, 0) is 62.3 Å². The van der Waals surface area contributed by atoms with E-state index in [1.165, 1.54) is 0 Å². The van der Waals surface area contributed by atoms with Crippen molar-refractivity contribution in [2.75, 3.05) is 20.2 Å². The Morgan fingerprint density at radius 3 is 2.50 bits per heavy atom. The van der Waals surface area contributed by atoms with E-state index >= 15 is 0 Å². The van der Waals surface area contributed by atoms with Gasteiger partial charge in [-0.1, -0.05) is 18.2 Å². The SMILES string of the molecule is COc1ccc(-c2nn(-c3ccccc3)cc2C(=O)NC2CCNCC2)cc1. The zero-order valence-corrected chi connectivity index (χ0v) is 15.9. The van der Waals surface area contributed by atoms with E-state index in [4.69, 9.17) is 9.84 Å². The van der Waals surface area contributed by atoms with Gasteiger partial charge in [-0.2, -0.15) is 5.10 Å². The number of nitrogens with one attached hydrogen (secondary N) is 2. The second-order valence-corrected chi connectivity index (χ2v) is 6.90. The number of carbonyl (C=O) groups excluding carboxylic acids is 1. The van der Waals surface area contributed by atoms with Gasteiger partial charge >= 0.3 is 0 Å². The molecule has 4 rings (SSSR count). The lowest BCUT2D eigenvalue weighted by atomic mass is 10.0. The van der Waals surface area contributed by atoms with Gasteiger partial charge in [0.15, 0.2) is 0 Å². The highest BCUT2D eigenvalue weighted by molar-refractivity contribution is 6.00. The number of carbonyl (C=O) groups is 1. The molecule has 1 fully saturated rings. The molecule has 2 aromatic carbocycles. The molecule has 1 amide bonds. The molecule has 1 aromatic heterocycles. The van der Waals surface area contributed by atoms with Crippen molar-refractivity contribution in [3.8, 4) is 22.7 Å². The number of benzene rings is 2. The summed E-state index contributed by atoms with van der Waals surface area (Å²) in [7, 11) is 1.64. The molecule has 0 radical (unpaired) electrons. The molecule has 0 atom stereocenters. The predicted molar refractivity (Wildman–Crippen MR) is 109 cm³/mol. The van der Waals surface area contributed by atoms with Gasteiger partial charge in [0.1, 0.15) is 11.4 Å². The third kappa shape index (κ3) is 3.92. The Labute approximate surface area is 164 Å². The van der Waals surface area contributed by atoms with Gasteiger partial charge in [-0.25, -0.2) is 4.68 Å². The fourth-order valence-electron chi connectivity index (χ4n) is 3.44. The third-order valence-electron chi connectivity index (χ3n) is 5.02. The van der Waals surface area contributed by atoms with E-state index in [9.17, 15) is 4.79 Å². The highest BCUT2D eigenvalue weighted by atomic mass is 16.5. The van der Waals surface area contributed by atoms with Crippen LogP contribution in [0.5, 0.6) is 5.75 Å². The molecule has 0 unspecified atom stereocenters. The molecular weight excluding hydrogens is 352 g/mol. The number of rotatable bonds is 5. The Hall–Kier alpha value is -3.12. The van der Waals surface area contributed by atoms with Gasteiger partial charge in [-0.15, -0.1) is 0 Å². The van der Waals surface area contributed by atoms with Crippen LogP contribution >= 0.6 is 0 Å². The molecule has 1 aliphatic rings. The number of piperidine rings is 1. The molecule has 1 saturated heterocycles. The van der Waals surface area contributed by atoms with Crippen LogP contribution in [0.15, 0.2) is 60.8 Å². The molecule has 0 bridgehead atoms. The summed E-state index contributed by atoms with van der Waals surface area (Å²) in [4.78, 5) is 13.1. The first kappa shape index (κ1) is 18.3. The maximum absolute atomic E-state index is 13.1. The normalized spacial score (nSPS) is 14.6. The minimum absolute atomic E-state index is 0.0834. The summed E-state index contributed by atoms with van der Waals surface area (Å²) in [5.41, 5.74) is 3.04. The van der Waals surface area contributed by atoms with Crippen molar-refractivity contribution < 1.29 is 9.53 Å². The zero-order chi connectivity index (χ0) is 19.3. The average molecular weight is 376 g/mol. The molecule has 144 valence electrons. The summed E-state index contributed by atoms with van der Waals surface area (Å²) < 4.78 is 7.01. The third-order valence-corrected chi connectivity index (χ3v) is 5.02. The van der Waals surface area contributed by atoms with Crippen LogP contribution < -0.4 is 15.4 Å². The number of amides is 1. The van der Waals surface area contributed by atoms with Crippen molar-refractivity contribution in [3.63, 3.8) is 0 Å². The van der Waals surface area contributed by atoms with Gasteiger partial charge in [0.25, 0.3) is 5.91 Å². The molecule has 28 heavy (non-hydrogen) atoms. The van der Waals surface area contributed by atoms with Crippen LogP contribution in [0.2, 0.25) is 0 Å². The Morgan fingerprint density at radius 1 is 1.11 bits per heavy atom. The second kappa shape index (κ2) is 8.27. The van der Waals surface area contributed by atoms with E-state index in [0.717, 1.165) is 42.9 Å². The lowest BCUT2D eigenvalue weighted by Crippen LogP contribution is -2.42. The first-order valence-electron chi connectivity index (χ1n) is 9.55. The number of nitrogens with zero attached hydrogens (tertiary/aromatic N) is 2. The topological polar surface area (TPSA) is 68.2 Å². The van der Waals surface area contributed by atoms with Crippen LogP contribution in [0.4, 0.5) is 0 Å². The minimum Gasteiger partial charge on any atom is -0.497 e. The molecular formula is C22H24N4O2. The standard InChI is InChI=1S/C22H24N4O2/c1-28-19-9-7-16(8-10-19)21-20(22(27)24-17-11-13-23-14-12-17)15-26(25-21)18-5-3-2-4-6-18/h2-10,15,17,23H,11-14H2,1H3,(H,24,27). The Kier molecular flexibility index (Phi) is 5.39. The molecule has 0 saturated carbocycles. The van der Waals surface area contributed by atoms with Crippen LogP contribution in [0.3, 0.4) is 0 Å². The van der Waals surface area contributed by atoms with Crippen LogP contribution in [0, 0.1) is 0 Å². The number of para-hydroxylation sites is 1. The number of aromatic nitrogens is 2. The number of hydrogen-bond donors (Lipinski definition) is 2. The average Bonchev–Trinajstić information content (AvgIpc) is 3.21. The van der Waals surface area contributed by atoms with Gasteiger partial charge in [0, 0.05) is 17.8 Å².